The highest BCUT2D eigenvalue weighted by molar-refractivity contribution is 9.10. The normalized spacial score (nSPS) is 17.5. The smallest absolute Gasteiger partial charge is 0.305 e. The Balaban J connectivity index is 1.71. The third-order valence-electron chi connectivity index (χ3n) is 3.85. The van der Waals surface area contributed by atoms with Crippen LogP contribution in [0.3, 0.4) is 0 Å². The van der Waals surface area contributed by atoms with Gasteiger partial charge in [0.25, 0.3) is 0 Å². The zero-order chi connectivity index (χ0) is 21.7. The number of amides is 1. The third-order valence-corrected chi connectivity index (χ3v) is 6.00. The molecule has 1 amide bonds. The fraction of sp³-hybridized carbons (Fsp3) is 0.158. The summed E-state index contributed by atoms with van der Waals surface area (Å²) >= 11 is 16.5. The Morgan fingerprint density at radius 2 is 2.10 bits per heavy atom. The summed E-state index contributed by atoms with van der Waals surface area (Å²) in [5.41, 5.74) is 1.43. The molecular formula is C19H14BrCl2N3O4S. The van der Waals surface area contributed by atoms with Gasteiger partial charge in [0.05, 0.1) is 12.6 Å². The summed E-state index contributed by atoms with van der Waals surface area (Å²) in [5.74, 6) is -0.896. The lowest BCUT2D eigenvalue weighted by Crippen LogP contribution is -2.26. The van der Waals surface area contributed by atoms with Crippen molar-refractivity contribution in [3.63, 3.8) is 0 Å². The number of halogens is 3. The van der Waals surface area contributed by atoms with Crippen LogP contribution in [-0.4, -0.2) is 33.6 Å². The molecule has 1 saturated heterocycles. The number of hydrogen-bond donors (Lipinski definition) is 2. The Morgan fingerprint density at radius 3 is 2.83 bits per heavy atom. The van der Waals surface area contributed by atoms with Gasteiger partial charge in [-0.05, 0) is 30.3 Å². The summed E-state index contributed by atoms with van der Waals surface area (Å²) in [5, 5.41) is 19.9. The van der Waals surface area contributed by atoms with Gasteiger partial charge in [0.2, 0.25) is 5.91 Å². The van der Waals surface area contributed by atoms with Crippen molar-refractivity contribution < 1.29 is 19.4 Å². The number of carbonyl (C=O) groups excluding carboxylic acids is 1. The maximum absolute atomic E-state index is 11.7. The zero-order valence-electron chi connectivity index (χ0n) is 15.1. The van der Waals surface area contributed by atoms with Crippen molar-refractivity contribution in [2.75, 3.05) is 0 Å². The Morgan fingerprint density at radius 1 is 1.30 bits per heavy atom. The number of ether oxygens (including phenoxy) is 1. The second kappa shape index (κ2) is 10.3. The number of carboxylic acid groups (broad SMARTS) is 1. The van der Waals surface area contributed by atoms with E-state index in [9.17, 15) is 9.59 Å². The van der Waals surface area contributed by atoms with Crippen LogP contribution in [0.15, 0.2) is 51.1 Å². The second-order valence-electron chi connectivity index (χ2n) is 6.05. The van der Waals surface area contributed by atoms with Crippen molar-refractivity contribution in [3.05, 3.63) is 62.0 Å². The van der Waals surface area contributed by atoms with Crippen LogP contribution in [0.25, 0.3) is 0 Å². The summed E-state index contributed by atoms with van der Waals surface area (Å²) in [6.07, 6.45) is 1.20. The molecule has 1 unspecified atom stereocenters. The highest BCUT2D eigenvalue weighted by Gasteiger charge is 2.32. The Kier molecular flexibility index (Phi) is 7.76. The van der Waals surface area contributed by atoms with E-state index in [4.69, 9.17) is 33.0 Å². The maximum atomic E-state index is 11.7. The number of carbonyl (C=O) groups is 2. The van der Waals surface area contributed by atoms with E-state index < -0.39 is 17.1 Å². The molecule has 0 spiro atoms. The van der Waals surface area contributed by atoms with Gasteiger partial charge in [0, 0.05) is 25.6 Å². The molecule has 2 aromatic carbocycles. The fourth-order valence-corrected chi connectivity index (χ4v) is 4.19. The predicted molar refractivity (Wildman–Crippen MR) is 122 cm³/mol. The Hall–Kier alpha value is -2.07. The first-order chi connectivity index (χ1) is 14.3. The van der Waals surface area contributed by atoms with Gasteiger partial charge < -0.3 is 15.2 Å². The van der Waals surface area contributed by atoms with Gasteiger partial charge in [-0.1, -0.05) is 57.0 Å². The van der Waals surface area contributed by atoms with Gasteiger partial charge in [-0.3, -0.25) is 9.59 Å². The Bertz CT molecular complexity index is 1050. The lowest BCUT2D eigenvalue weighted by Gasteiger charge is -2.10. The van der Waals surface area contributed by atoms with Crippen molar-refractivity contribution in [1.82, 2.24) is 5.32 Å². The molecule has 3 rings (SSSR count). The van der Waals surface area contributed by atoms with Crippen molar-refractivity contribution in [2.45, 2.75) is 18.3 Å². The number of nitrogens with one attached hydrogen (secondary N) is 1. The molecular weight excluding hydrogens is 517 g/mol. The van der Waals surface area contributed by atoms with Crippen LogP contribution in [-0.2, 0) is 16.2 Å². The lowest BCUT2D eigenvalue weighted by molar-refractivity contribution is -0.138. The van der Waals surface area contributed by atoms with Crippen LogP contribution in [0.5, 0.6) is 5.75 Å². The van der Waals surface area contributed by atoms with Crippen LogP contribution >= 0.6 is 50.9 Å². The molecule has 0 aliphatic carbocycles. The average molecular weight is 531 g/mol. The van der Waals surface area contributed by atoms with Crippen molar-refractivity contribution in [3.8, 4) is 5.75 Å². The molecule has 0 saturated carbocycles. The standard InChI is InChI=1S/C19H14BrCl2N3O4S/c20-12-2-4-15(29-9-10-1-3-13(21)6-14(10)22)11(5-12)8-23-25-19-24-18(28)16(30-19)7-17(26)27/h1-6,8,16H,7,9H2,(H,26,27)(H,24,25,28). The number of amidine groups is 1. The highest BCUT2D eigenvalue weighted by atomic mass is 79.9. The average Bonchev–Trinajstić information content (AvgIpc) is 3.01. The largest absolute Gasteiger partial charge is 0.488 e. The first-order valence-corrected chi connectivity index (χ1v) is 10.9. The van der Waals surface area contributed by atoms with Crippen LogP contribution in [0.2, 0.25) is 10.0 Å². The van der Waals surface area contributed by atoms with Crippen molar-refractivity contribution >= 4 is 74.2 Å². The third kappa shape index (κ3) is 6.21. The van der Waals surface area contributed by atoms with Gasteiger partial charge >= 0.3 is 5.97 Å². The van der Waals surface area contributed by atoms with Crippen LogP contribution in [0.4, 0.5) is 0 Å². The molecule has 1 fully saturated rings. The van der Waals surface area contributed by atoms with Crippen LogP contribution in [0.1, 0.15) is 17.5 Å². The molecule has 30 heavy (non-hydrogen) atoms. The van der Waals surface area contributed by atoms with E-state index in [1.165, 1.54) is 6.21 Å². The van der Waals surface area contributed by atoms with Gasteiger partial charge in [-0.2, -0.15) is 5.10 Å². The number of nitrogens with zero attached hydrogens (tertiary/aromatic N) is 2. The lowest BCUT2D eigenvalue weighted by atomic mass is 10.2. The van der Waals surface area contributed by atoms with Crippen LogP contribution in [0, 0.1) is 0 Å². The number of thioether (sulfide) groups is 1. The molecule has 156 valence electrons. The summed E-state index contributed by atoms with van der Waals surface area (Å²) in [7, 11) is 0. The molecule has 0 bridgehead atoms. The molecule has 1 atom stereocenters. The monoisotopic (exact) mass is 529 g/mol. The van der Waals surface area contributed by atoms with E-state index in [1.54, 1.807) is 30.3 Å². The molecule has 1 aliphatic heterocycles. The topological polar surface area (TPSA) is 100 Å². The maximum Gasteiger partial charge on any atom is 0.305 e. The van der Waals surface area contributed by atoms with Gasteiger partial charge in [-0.25, -0.2) is 0 Å². The highest BCUT2D eigenvalue weighted by Crippen LogP contribution is 2.26. The number of rotatable bonds is 7. The summed E-state index contributed by atoms with van der Waals surface area (Å²) in [6.45, 7) is 0.232. The molecule has 0 radical (unpaired) electrons. The minimum Gasteiger partial charge on any atom is -0.488 e. The molecule has 2 aromatic rings. The molecule has 2 N–H and O–H groups in total. The SMILES string of the molecule is O=C(O)CC1SC(=NN=Cc2cc(Br)ccc2OCc2ccc(Cl)cc2Cl)NC1=O. The van der Waals surface area contributed by atoms with E-state index in [0.717, 1.165) is 21.8 Å². The van der Waals surface area contributed by atoms with E-state index in [2.05, 4.69) is 31.4 Å². The van der Waals surface area contributed by atoms with Gasteiger partial charge in [-0.15, -0.1) is 5.10 Å². The number of hydrogen-bond acceptors (Lipinski definition) is 6. The first kappa shape index (κ1) is 22.6. The zero-order valence-corrected chi connectivity index (χ0v) is 19.1. The molecule has 1 aliphatic rings. The number of carboxylic acids is 1. The van der Waals surface area contributed by atoms with Crippen LogP contribution < -0.4 is 10.1 Å². The quantitative estimate of drug-likeness (QED) is 0.398. The summed E-state index contributed by atoms with van der Waals surface area (Å²) < 4.78 is 6.69. The second-order valence-corrected chi connectivity index (χ2v) is 9.00. The van der Waals surface area contributed by atoms with E-state index in [1.807, 2.05) is 6.07 Å². The summed E-state index contributed by atoms with van der Waals surface area (Å²) in [4.78, 5) is 22.5. The molecule has 7 nitrogen and oxygen atoms in total. The van der Waals surface area contributed by atoms with Crippen molar-refractivity contribution in [1.29, 1.82) is 0 Å². The minimum atomic E-state index is -1.05. The molecule has 0 aromatic heterocycles. The first-order valence-electron chi connectivity index (χ1n) is 8.48. The van der Waals surface area contributed by atoms with E-state index in [0.29, 0.717) is 21.4 Å². The van der Waals surface area contributed by atoms with E-state index in [-0.39, 0.29) is 18.2 Å². The van der Waals surface area contributed by atoms with Gasteiger partial charge in [0.1, 0.15) is 17.6 Å². The number of aliphatic carboxylic acids is 1. The minimum absolute atomic E-state index is 0.232. The summed E-state index contributed by atoms with van der Waals surface area (Å²) in [6, 6.07) is 10.6. The van der Waals surface area contributed by atoms with Crippen molar-refractivity contribution in [2.24, 2.45) is 10.2 Å². The fourth-order valence-electron chi connectivity index (χ4n) is 2.43. The molecule has 11 heteroatoms. The number of benzene rings is 2. The molecule has 1 heterocycles. The van der Waals surface area contributed by atoms with Gasteiger partial charge in [0.15, 0.2) is 5.17 Å². The van der Waals surface area contributed by atoms with E-state index >= 15 is 0 Å². The predicted octanol–water partition coefficient (Wildman–Crippen LogP) is 4.73. The Labute approximate surface area is 194 Å².